The first kappa shape index (κ1) is 25.4. The molecule has 0 radical (unpaired) electrons. The van der Waals surface area contributed by atoms with Gasteiger partial charge >= 0.3 is 0 Å². The lowest BCUT2D eigenvalue weighted by molar-refractivity contribution is 0.425. The summed E-state index contributed by atoms with van der Waals surface area (Å²) >= 11 is 0. The molecule has 202 valence electrons. The summed E-state index contributed by atoms with van der Waals surface area (Å²) in [4.78, 5) is 21.3. The number of halogens is 1. The number of hydrogen-bond donors (Lipinski definition) is 3. The summed E-state index contributed by atoms with van der Waals surface area (Å²) in [6.45, 7) is 1.55. The average molecular weight is 536 g/mol. The number of aromatic nitrogens is 6. The minimum absolute atomic E-state index is 0.305. The first-order chi connectivity index (χ1) is 19.4. The predicted octanol–water partition coefficient (Wildman–Crippen LogP) is 5.41. The van der Waals surface area contributed by atoms with Crippen molar-refractivity contribution in [3.63, 3.8) is 0 Å². The number of nitrogens with zero attached hydrogens (tertiary/aromatic N) is 6. The highest BCUT2D eigenvalue weighted by Crippen LogP contribution is 2.35. The van der Waals surface area contributed by atoms with E-state index in [1.807, 2.05) is 69.7 Å². The number of fused-ring (bicyclic) bond motifs is 2. The van der Waals surface area contributed by atoms with Crippen LogP contribution in [0.2, 0.25) is 0 Å². The van der Waals surface area contributed by atoms with E-state index in [-0.39, 0.29) is 5.82 Å². The molecule has 6 rings (SSSR count). The highest BCUT2D eigenvalue weighted by molar-refractivity contribution is 6.00. The van der Waals surface area contributed by atoms with E-state index in [9.17, 15) is 4.39 Å². The first-order valence-corrected chi connectivity index (χ1v) is 13.0. The van der Waals surface area contributed by atoms with Crippen molar-refractivity contribution in [2.45, 2.75) is 0 Å². The van der Waals surface area contributed by atoms with Crippen molar-refractivity contribution >= 4 is 33.3 Å². The summed E-state index contributed by atoms with van der Waals surface area (Å²) in [7, 11) is 7.98. The Morgan fingerprint density at radius 3 is 2.55 bits per heavy atom. The highest BCUT2D eigenvalue weighted by atomic mass is 19.1. The molecule has 1 aromatic carbocycles. The number of aromatic amines is 2. The van der Waals surface area contributed by atoms with Crippen LogP contribution in [0.25, 0.3) is 55.7 Å². The molecule has 0 aliphatic carbocycles. The van der Waals surface area contributed by atoms with Crippen molar-refractivity contribution in [3.8, 4) is 33.8 Å². The minimum atomic E-state index is -0.305. The van der Waals surface area contributed by atoms with Crippen LogP contribution in [-0.2, 0) is 0 Å². The summed E-state index contributed by atoms with van der Waals surface area (Å²) in [5, 5.41) is 11.9. The number of pyridine rings is 3. The van der Waals surface area contributed by atoms with Gasteiger partial charge in [0.2, 0.25) is 0 Å². The monoisotopic (exact) mass is 535 g/mol. The standard InChI is InChI=1S/C30H30FN9/c1-39(2)8-7-34-21-10-18(9-20(31)12-21)24-16-33-17-28-23(24)13-27(35-28)30-29-26(37-38-30)6-5-25(36-29)19-11-22(40(3)4)15-32-14-19/h5-6,9-17,34-35H,7-8H2,1-4H3,(H,37,38). The van der Waals surface area contributed by atoms with Gasteiger partial charge in [-0.3, -0.25) is 15.1 Å². The van der Waals surface area contributed by atoms with Gasteiger partial charge in [-0.25, -0.2) is 9.37 Å². The average Bonchev–Trinajstić information content (AvgIpc) is 3.56. The Labute approximate surface area is 231 Å². The quantitative estimate of drug-likeness (QED) is 0.240. The number of anilines is 2. The molecule has 0 spiro atoms. The normalized spacial score (nSPS) is 11.6. The van der Waals surface area contributed by atoms with Gasteiger partial charge < -0.3 is 20.1 Å². The smallest absolute Gasteiger partial charge is 0.135 e. The summed E-state index contributed by atoms with van der Waals surface area (Å²) in [6.07, 6.45) is 7.17. The van der Waals surface area contributed by atoms with Crippen molar-refractivity contribution in [3.05, 3.63) is 73.1 Å². The Balaban J connectivity index is 1.39. The van der Waals surface area contributed by atoms with E-state index < -0.39 is 0 Å². The van der Waals surface area contributed by atoms with Gasteiger partial charge in [0.05, 0.1) is 40.5 Å². The van der Waals surface area contributed by atoms with Crippen LogP contribution in [0, 0.1) is 5.82 Å². The number of likely N-dealkylation sites (N-methyl/N-ethyl adjacent to an activating group) is 1. The third-order valence-corrected chi connectivity index (χ3v) is 6.84. The number of rotatable bonds is 8. The van der Waals surface area contributed by atoms with Gasteiger partial charge in [-0.15, -0.1) is 0 Å². The van der Waals surface area contributed by atoms with Crippen molar-refractivity contribution < 1.29 is 4.39 Å². The molecule has 10 heteroatoms. The first-order valence-electron chi connectivity index (χ1n) is 13.0. The van der Waals surface area contributed by atoms with Gasteiger partial charge in [-0.2, -0.15) is 5.10 Å². The minimum Gasteiger partial charge on any atom is -0.384 e. The lowest BCUT2D eigenvalue weighted by atomic mass is 10.0. The second-order valence-electron chi connectivity index (χ2n) is 10.3. The fourth-order valence-electron chi connectivity index (χ4n) is 4.74. The largest absolute Gasteiger partial charge is 0.384 e. The Bertz CT molecular complexity index is 1820. The zero-order valence-corrected chi connectivity index (χ0v) is 22.8. The lowest BCUT2D eigenvalue weighted by Gasteiger charge is -2.13. The van der Waals surface area contributed by atoms with Crippen LogP contribution < -0.4 is 10.2 Å². The molecule has 5 aromatic heterocycles. The maximum Gasteiger partial charge on any atom is 0.135 e. The van der Waals surface area contributed by atoms with Gasteiger partial charge in [-0.05, 0) is 62.1 Å². The summed E-state index contributed by atoms with van der Waals surface area (Å²) in [5.74, 6) is -0.305. The Morgan fingerprint density at radius 2 is 1.73 bits per heavy atom. The van der Waals surface area contributed by atoms with Crippen LogP contribution in [0.5, 0.6) is 0 Å². The molecule has 0 aliphatic heterocycles. The summed E-state index contributed by atoms with van der Waals surface area (Å²) < 4.78 is 14.6. The Kier molecular flexibility index (Phi) is 6.61. The van der Waals surface area contributed by atoms with E-state index >= 15 is 0 Å². The molecule has 0 fully saturated rings. The van der Waals surface area contributed by atoms with E-state index in [4.69, 9.17) is 4.98 Å². The van der Waals surface area contributed by atoms with Crippen molar-refractivity contribution in [1.29, 1.82) is 0 Å². The summed E-state index contributed by atoms with van der Waals surface area (Å²) in [6, 6.07) is 13.0. The van der Waals surface area contributed by atoms with E-state index in [1.54, 1.807) is 12.4 Å². The van der Waals surface area contributed by atoms with Crippen LogP contribution in [-0.4, -0.2) is 76.3 Å². The molecular weight excluding hydrogens is 505 g/mol. The fourth-order valence-corrected chi connectivity index (χ4v) is 4.74. The molecule has 6 aromatic rings. The zero-order valence-electron chi connectivity index (χ0n) is 22.8. The van der Waals surface area contributed by atoms with E-state index in [0.29, 0.717) is 12.2 Å². The third-order valence-electron chi connectivity index (χ3n) is 6.84. The van der Waals surface area contributed by atoms with Crippen LogP contribution in [0.15, 0.2) is 67.3 Å². The van der Waals surface area contributed by atoms with E-state index in [1.165, 1.54) is 12.1 Å². The van der Waals surface area contributed by atoms with E-state index in [0.717, 1.165) is 67.9 Å². The van der Waals surface area contributed by atoms with Crippen LogP contribution >= 0.6 is 0 Å². The molecule has 3 N–H and O–H groups in total. The van der Waals surface area contributed by atoms with Crippen molar-refractivity contribution in [2.24, 2.45) is 0 Å². The molecule has 9 nitrogen and oxygen atoms in total. The van der Waals surface area contributed by atoms with Gasteiger partial charge in [0.15, 0.2) is 0 Å². The topological polar surface area (TPSA) is 102 Å². The second-order valence-corrected chi connectivity index (χ2v) is 10.3. The maximum absolute atomic E-state index is 14.6. The van der Waals surface area contributed by atoms with Crippen LogP contribution in [0.1, 0.15) is 0 Å². The van der Waals surface area contributed by atoms with Gasteiger partial charge in [-0.1, -0.05) is 0 Å². The van der Waals surface area contributed by atoms with Crippen molar-refractivity contribution in [2.75, 3.05) is 51.5 Å². The van der Waals surface area contributed by atoms with Gasteiger partial charge in [0.25, 0.3) is 0 Å². The number of benzene rings is 1. The number of H-pyrrole nitrogens is 2. The fraction of sp³-hybridized carbons (Fsp3) is 0.200. The number of hydrogen-bond acceptors (Lipinski definition) is 7. The molecule has 0 bridgehead atoms. The zero-order chi connectivity index (χ0) is 27.8. The van der Waals surface area contributed by atoms with Crippen LogP contribution in [0.3, 0.4) is 0 Å². The molecule has 5 heterocycles. The lowest BCUT2D eigenvalue weighted by Crippen LogP contribution is -2.20. The van der Waals surface area contributed by atoms with Crippen molar-refractivity contribution in [1.82, 2.24) is 35.0 Å². The van der Waals surface area contributed by atoms with E-state index in [2.05, 4.69) is 41.4 Å². The molecular formula is C30H30FN9. The Morgan fingerprint density at radius 1 is 0.875 bits per heavy atom. The SMILES string of the molecule is CN(C)CCNc1cc(F)cc(-c2cncc3[nH]c(-c4n[nH]c5ccc(-c6cncc(N(C)C)c6)nc45)cc23)c1. The molecule has 0 aliphatic rings. The second kappa shape index (κ2) is 10.4. The highest BCUT2D eigenvalue weighted by Gasteiger charge is 2.16. The Hall–Kier alpha value is -4.83. The molecule has 0 saturated carbocycles. The van der Waals surface area contributed by atoms with Gasteiger partial charge in [0.1, 0.15) is 17.0 Å². The molecule has 40 heavy (non-hydrogen) atoms. The molecule has 0 atom stereocenters. The van der Waals surface area contributed by atoms with Gasteiger partial charge in [0, 0.05) is 61.8 Å². The molecule has 0 saturated heterocycles. The van der Waals surface area contributed by atoms with Crippen LogP contribution in [0.4, 0.5) is 15.8 Å². The summed E-state index contributed by atoms with van der Waals surface area (Å²) in [5.41, 5.74) is 8.91. The number of nitrogens with one attached hydrogen (secondary N) is 3. The molecule has 0 amide bonds. The third kappa shape index (κ3) is 4.96. The molecule has 0 unspecified atom stereocenters. The maximum atomic E-state index is 14.6. The predicted molar refractivity (Wildman–Crippen MR) is 159 cm³/mol.